The first-order valence-electron chi connectivity index (χ1n) is 12.9. The standard InChI is InChI=1S/C25H46O6S.Na.H/c1-5-17-21-14-16(26)8-11-25(21,4)20-9-12-24(3)18(6-7-19(24)22(20)23(17)27)15(2)10-13-31-32(28,29)30;;/h15-23,26-30H,5-14H2,1-4H3;;/q;+1;-1/p-3/t15?,16-,17-,18?,19?,20?,21+,22?,23-,24-,25-;;/m1../s1. The van der Waals surface area contributed by atoms with E-state index in [-0.39, 0.29) is 72.5 Å². The average molecular weight is 496 g/mol. The van der Waals surface area contributed by atoms with Gasteiger partial charge in [0.2, 0.25) is 0 Å². The van der Waals surface area contributed by atoms with E-state index in [0.29, 0.717) is 36.0 Å². The average Bonchev–Trinajstić information content (AvgIpc) is 3.06. The SMILES string of the molecule is CC[C@H]1[C@@H](O)C2C3CCC(C(C)CCOS([O-])([O-])[O-])[C@@]3(C)CCC2[C@@]2(C)CC[C@@H](O)C[C@@H]12.[H-].[Na+]. The van der Waals surface area contributed by atoms with Crippen molar-refractivity contribution in [2.24, 2.45) is 52.3 Å². The summed E-state index contributed by atoms with van der Waals surface area (Å²) in [5.41, 5.74) is 0.332. The van der Waals surface area contributed by atoms with Crippen LogP contribution in [0.4, 0.5) is 0 Å². The van der Waals surface area contributed by atoms with Crippen molar-refractivity contribution in [1.29, 1.82) is 0 Å². The van der Waals surface area contributed by atoms with E-state index in [1.165, 1.54) is 0 Å². The van der Waals surface area contributed by atoms with Crippen molar-refractivity contribution < 1.29 is 59.0 Å². The molecule has 11 atom stereocenters. The summed E-state index contributed by atoms with van der Waals surface area (Å²) in [6.07, 6.45) is 8.26. The Morgan fingerprint density at radius 2 is 1.64 bits per heavy atom. The number of rotatable bonds is 6. The number of fused-ring (bicyclic) bond motifs is 5. The molecule has 0 saturated heterocycles. The molecule has 2 N–H and O–H groups in total. The van der Waals surface area contributed by atoms with Gasteiger partial charge in [-0.15, -0.1) is 0 Å². The van der Waals surface area contributed by atoms with Gasteiger partial charge >= 0.3 is 29.6 Å². The fourth-order valence-corrected chi connectivity index (χ4v) is 9.77. The smallest absolute Gasteiger partial charge is 1.00 e. The zero-order valence-corrected chi connectivity index (χ0v) is 24.0. The summed E-state index contributed by atoms with van der Waals surface area (Å²) in [6, 6.07) is 0. The summed E-state index contributed by atoms with van der Waals surface area (Å²) in [6.45, 7) is 9.17. The molecule has 0 aliphatic heterocycles. The molecule has 4 rings (SSSR count). The van der Waals surface area contributed by atoms with Crippen LogP contribution in [0.2, 0.25) is 0 Å². The van der Waals surface area contributed by atoms with Crippen LogP contribution in [0, 0.1) is 52.3 Å². The second-order valence-electron chi connectivity index (χ2n) is 12.1. The number of aliphatic hydroxyl groups is 2. The topological polar surface area (TPSA) is 119 Å². The van der Waals surface area contributed by atoms with Gasteiger partial charge in [0, 0.05) is 0 Å². The van der Waals surface area contributed by atoms with Crippen LogP contribution >= 0.6 is 11.2 Å². The number of hydrogen-bond acceptors (Lipinski definition) is 6. The molecule has 4 fully saturated rings. The molecule has 0 aromatic rings. The summed E-state index contributed by atoms with van der Waals surface area (Å²) in [4.78, 5) is 0. The van der Waals surface area contributed by atoms with Crippen LogP contribution in [-0.2, 0) is 4.18 Å². The van der Waals surface area contributed by atoms with Crippen LogP contribution in [0.25, 0.3) is 0 Å². The molecule has 8 heteroatoms. The van der Waals surface area contributed by atoms with Crippen LogP contribution < -0.4 is 29.6 Å². The second-order valence-corrected chi connectivity index (χ2v) is 13.2. The zero-order chi connectivity index (χ0) is 23.5. The summed E-state index contributed by atoms with van der Waals surface area (Å²) in [7, 11) is 0. The van der Waals surface area contributed by atoms with Crippen molar-refractivity contribution in [1.82, 2.24) is 0 Å². The van der Waals surface area contributed by atoms with E-state index in [4.69, 9.17) is 0 Å². The van der Waals surface area contributed by atoms with E-state index in [2.05, 4.69) is 31.9 Å². The molecule has 0 aromatic heterocycles. The van der Waals surface area contributed by atoms with Crippen LogP contribution in [0.15, 0.2) is 0 Å². The van der Waals surface area contributed by atoms with Gasteiger partial charge in [0.25, 0.3) is 0 Å². The van der Waals surface area contributed by atoms with Gasteiger partial charge in [0.05, 0.1) is 18.8 Å². The molecule has 0 bridgehead atoms. The van der Waals surface area contributed by atoms with Gasteiger partial charge in [0.1, 0.15) is 0 Å². The summed E-state index contributed by atoms with van der Waals surface area (Å²) < 4.78 is 37.0. The third-order valence-electron chi connectivity index (χ3n) is 11.0. The van der Waals surface area contributed by atoms with Crippen molar-refractivity contribution >= 4 is 11.2 Å². The molecule has 0 aromatic carbocycles. The van der Waals surface area contributed by atoms with E-state index < -0.39 is 11.2 Å². The van der Waals surface area contributed by atoms with Gasteiger partial charge in [0.15, 0.2) is 0 Å². The minimum Gasteiger partial charge on any atom is -1.00 e. The molecule has 5 unspecified atom stereocenters. The Hall–Kier alpha value is 1.11. The predicted molar refractivity (Wildman–Crippen MR) is 123 cm³/mol. The molecular weight excluding hydrogens is 451 g/mol. The normalized spacial score (nSPS) is 48.8. The fourth-order valence-electron chi connectivity index (χ4n) is 9.47. The zero-order valence-electron chi connectivity index (χ0n) is 22.2. The van der Waals surface area contributed by atoms with Gasteiger partial charge < -0.3 is 40.6 Å². The van der Waals surface area contributed by atoms with E-state index in [9.17, 15) is 23.9 Å². The monoisotopic (exact) mass is 495 g/mol. The van der Waals surface area contributed by atoms with Crippen LogP contribution in [0.1, 0.15) is 86.9 Å². The summed E-state index contributed by atoms with van der Waals surface area (Å²) in [5, 5.41) is 22.1. The third-order valence-corrected chi connectivity index (χ3v) is 11.4. The molecule has 4 aliphatic rings. The molecule has 6 nitrogen and oxygen atoms in total. The Labute approximate surface area is 225 Å². The Balaban J connectivity index is 0.00000204. The van der Waals surface area contributed by atoms with Crippen LogP contribution in [-0.4, -0.2) is 42.7 Å². The summed E-state index contributed by atoms with van der Waals surface area (Å²) in [5.74, 6) is 2.69. The van der Waals surface area contributed by atoms with Gasteiger partial charge in [-0.1, -0.05) is 34.1 Å². The number of aliphatic hydroxyl groups excluding tert-OH is 2. The number of hydrogen-bond donors (Lipinski definition) is 2. The van der Waals surface area contributed by atoms with Gasteiger partial charge in [-0.3, -0.25) is 0 Å². The molecule has 0 radical (unpaired) electrons. The van der Waals surface area contributed by atoms with Crippen molar-refractivity contribution in [2.45, 2.75) is 97.7 Å². The third kappa shape index (κ3) is 5.12. The Morgan fingerprint density at radius 1 is 1.00 bits per heavy atom. The minimum absolute atomic E-state index is 0. The van der Waals surface area contributed by atoms with Gasteiger partial charge in [-0.2, -0.15) is 0 Å². The fraction of sp³-hybridized carbons (Fsp3) is 1.00. The molecule has 33 heavy (non-hydrogen) atoms. The van der Waals surface area contributed by atoms with E-state index in [1.807, 2.05) is 0 Å². The maximum absolute atomic E-state index is 11.7. The van der Waals surface area contributed by atoms with Crippen molar-refractivity contribution in [2.75, 3.05) is 6.61 Å². The van der Waals surface area contributed by atoms with Crippen molar-refractivity contribution in [3.63, 3.8) is 0 Å². The van der Waals surface area contributed by atoms with Gasteiger partial charge in [-0.05, 0) is 104 Å². The van der Waals surface area contributed by atoms with Crippen LogP contribution in [0.3, 0.4) is 0 Å². The summed E-state index contributed by atoms with van der Waals surface area (Å²) >= 11 is -4.64. The largest absolute Gasteiger partial charge is 1.00 e. The Morgan fingerprint density at radius 3 is 2.27 bits per heavy atom. The molecule has 4 aliphatic carbocycles. The molecule has 0 spiro atoms. The quantitative estimate of drug-likeness (QED) is 0.543. The molecule has 0 amide bonds. The van der Waals surface area contributed by atoms with E-state index in [0.717, 1.165) is 51.4 Å². The van der Waals surface area contributed by atoms with Crippen LogP contribution in [0.5, 0.6) is 0 Å². The first-order chi connectivity index (χ1) is 14.9. The molecule has 0 heterocycles. The maximum atomic E-state index is 11.7. The van der Waals surface area contributed by atoms with E-state index >= 15 is 0 Å². The Kier molecular flexibility index (Phi) is 9.10. The second kappa shape index (κ2) is 10.5. The van der Waals surface area contributed by atoms with Crippen molar-refractivity contribution in [3.8, 4) is 0 Å². The first-order valence-corrected chi connectivity index (χ1v) is 14.2. The minimum atomic E-state index is -4.64. The molecule has 4 saturated carbocycles. The van der Waals surface area contributed by atoms with Crippen molar-refractivity contribution in [3.05, 3.63) is 0 Å². The molecule has 190 valence electrons. The molecular formula is C25H44NaO6S-3. The maximum Gasteiger partial charge on any atom is 1.00 e. The predicted octanol–water partition coefficient (Wildman–Crippen LogP) is 1.88. The van der Waals surface area contributed by atoms with Gasteiger partial charge in [-0.25, -0.2) is 0 Å². The first kappa shape index (κ1) is 28.7. The van der Waals surface area contributed by atoms with E-state index in [1.54, 1.807) is 0 Å². The Bertz CT molecular complexity index is 682.